The summed E-state index contributed by atoms with van der Waals surface area (Å²) in [6, 6.07) is 8.67. The molecule has 0 bridgehead atoms. The third-order valence-electron chi connectivity index (χ3n) is 4.56. The van der Waals surface area contributed by atoms with E-state index in [1.807, 2.05) is 6.92 Å². The van der Waals surface area contributed by atoms with Crippen molar-refractivity contribution >= 4 is 19.2 Å². The van der Waals surface area contributed by atoms with Gasteiger partial charge in [0.2, 0.25) is 5.91 Å². The molecular weight excluding hydrogens is 385 g/mol. The molecule has 0 fully saturated rings. The van der Waals surface area contributed by atoms with Gasteiger partial charge in [0, 0.05) is 5.69 Å². The molecule has 29 heavy (non-hydrogen) atoms. The van der Waals surface area contributed by atoms with Gasteiger partial charge in [0.1, 0.15) is 5.66 Å². The summed E-state index contributed by atoms with van der Waals surface area (Å²) < 4.78 is 11.8. The number of hydrogen-bond donors (Lipinski definition) is 3. The first kappa shape index (κ1) is 25.1. The van der Waals surface area contributed by atoms with Gasteiger partial charge in [0.25, 0.3) is 0 Å². The summed E-state index contributed by atoms with van der Waals surface area (Å²) in [7, 11) is -4.56. The molecule has 3 N–H and O–H groups in total. The Bertz CT molecular complexity index is 786. The van der Waals surface area contributed by atoms with Crippen LogP contribution in [-0.2, 0) is 9.36 Å². The minimum Gasteiger partial charge on any atom is -0.325 e. The predicted molar refractivity (Wildman–Crippen MR) is 121 cm³/mol. The van der Waals surface area contributed by atoms with Gasteiger partial charge in [-0.2, -0.15) is 0 Å². The Morgan fingerprint density at radius 3 is 2.07 bits per heavy atom. The average molecular weight is 420 g/mol. The van der Waals surface area contributed by atoms with Crippen molar-refractivity contribution in [3.8, 4) is 0 Å². The second kappa shape index (κ2) is 12.6. The maximum absolute atomic E-state index is 12.4. The van der Waals surface area contributed by atoms with Gasteiger partial charge in [0.05, 0.1) is 0 Å². The summed E-state index contributed by atoms with van der Waals surface area (Å²) in [6.45, 7) is 8.24. The molecule has 0 aliphatic carbocycles. The van der Waals surface area contributed by atoms with E-state index in [1.165, 1.54) is 11.1 Å². The molecule has 0 radical (unpaired) electrons. The number of nitrogens with one attached hydrogen (secondary N) is 1. The maximum Gasteiger partial charge on any atom is 0.338 e. The van der Waals surface area contributed by atoms with Crippen LogP contribution in [0.2, 0.25) is 0 Å². The fourth-order valence-electron chi connectivity index (χ4n) is 2.80. The van der Waals surface area contributed by atoms with E-state index in [0.29, 0.717) is 5.69 Å². The molecule has 1 atom stereocenters. The van der Waals surface area contributed by atoms with Crippen molar-refractivity contribution in [2.75, 3.05) is 5.32 Å². The molecule has 1 rings (SSSR count). The Morgan fingerprint density at radius 1 is 0.966 bits per heavy atom. The highest BCUT2D eigenvalue weighted by atomic mass is 31.2. The molecule has 1 amide bonds. The van der Waals surface area contributed by atoms with E-state index in [1.54, 1.807) is 36.4 Å². The first-order valence-electron chi connectivity index (χ1n) is 9.95. The number of anilines is 1. The lowest BCUT2D eigenvalue weighted by atomic mass is 10.1. The molecule has 0 spiro atoms. The van der Waals surface area contributed by atoms with Crippen LogP contribution in [0.4, 0.5) is 5.69 Å². The Kier molecular flexibility index (Phi) is 10.9. The topological polar surface area (TPSA) is 86.6 Å². The number of rotatable bonds is 11. The highest BCUT2D eigenvalue weighted by molar-refractivity contribution is 7.53. The first-order chi connectivity index (χ1) is 13.6. The minimum absolute atomic E-state index is 0.0120. The van der Waals surface area contributed by atoms with E-state index in [4.69, 9.17) is 0 Å². The number of carbonyl (C=O) groups is 1. The Hall–Kier alpha value is -1.94. The quantitative estimate of drug-likeness (QED) is 0.304. The van der Waals surface area contributed by atoms with Crippen molar-refractivity contribution in [1.29, 1.82) is 0 Å². The number of hydrogen-bond acceptors (Lipinski definition) is 2. The monoisotopic (exact) mass is 419 g/mol. The molecule has 1 aromatic rings. The van der Waals surface area contributed by atoms with Crippen LogP contribution < -0.4 is 5.32 Å². The fraction of sp³-hybridized carbons (Fsp3) is 0.435. The standard InChI is InChI=1S/C23H34NO4P/c1-18(2)10-8-11-19(3)12-9-13-20(4)16-17-22(29(26,27)28)23(25)24-21-14-6-5-7-15-21/h5-7,10,12,14-16,22H,8-9,11,13,17H2,1-4H3,(H,24,25)(H2,26,27,28)/b19-12+,20-16+. The Balaban J connectivity index is 2.61. The van der Waals surface area contributed by atoms with Crippen LogP contribution in [0.15, 0.2) is 65.3 Å². The molecule has 0 aliphatic heterocycles. The van der Waals surface area contributed by atoms with E-state index in [0.717, 1.165) is 31.3 Å². The highest BCUT2D eigenvalue weighted by Crippen LogP contribution is 2.43. The summed E-state index contributed by atoms with van der Waals surface area (Å²) in [4.78, 5) is 31.6. The molecule has 0 saturated heterocycles. The molecule has 0 aliphatic rings. The minimum atomic E-state index is -4.56. The van der Waals surface area contributed by atoms with Crippen molar-refractivity contribution in [3.05, 3.63) is 65.3 Å². The summed E-state index contributed by atoms with van der Waals surface area (Å²) in [5, 5.41) is 2.58. The highest BCUT2D eigenvalue weighted by Gasteiger charge is 2.34. The number of para-hydroxylation sites is 1. The van der Waals surface area contributed by atoms with Gasteiger partial charge >= 0.3 is 7.60 Å². The van der Waals surface area contributed by atoms with E-state index < -0.39 is 19.2 Å². The van der Waals surface area contributed by atoms with Gasteiger partial charge in [-0.05, 0) is 71.9 Å². The SMILES string of the molecule is CC(C)=CCC/C(C)=C/CC/C(C)=C/CC(C(=O)Nc1ccccc1)P(=O)(O)O. The van der Waals surface area contributed by atoms with E-state index >= 15 is 0 Å². The maximum atomic E-state index is 12.4. The number of amides is 1. The van der Waals surface area contributed by atoms with Gasteiger partial charge in [-0.15, -0.1) is 0 Å². The molecule has 6 heteroatoms. The zero-order valence-electron chi connectivity index (χ0n) is 17.9. The lowest BCUT2D eigenvalue weighted by molar-refractivity contribution is -0.116. The molecule has 1 aromatic carbocycles. The van der Waals surface area contributed by atoms with E-state index in [-0.39, 0.29) is 6.42 Å². The van der Waals surface area contributed by atoms with Crippen LogP contribution >= 0.6 is 7.60 Å². The number of benzene rings is 1. The third kappa shape index (κ3) is 11.0. The van der Waals surface area contributed by atoms with Crippen molar-refractivity contribution in [3.63, 3.8) is 0 Å². The summed E-state index contributed by atoms with van der Waals surface area (Å²) in [5.41, 5.74) is 2.81. The van der Waals surface area contributed by atoms with Gasteiger partial charge < -0.3 is 15.1 Å². The number of carbonyl (C=O) groups excluding carboxylic acids is 1. The van der Waals surface area contributed by atoms with E-state index in [9.17, 15) is 19.1 Å². The fourth-order valence-corrected chi connectivity index (χ4v) is 3.55. The van der Waals surface area contributed by atoms with Crippen LogP contribution in [0.5, 0.6) is 0 Å². The van der Waals surface area contributed by atoms with Crippen LogP contribution in [0, 0.1) is 0 Å². The third-order valence-corrected chi connectivity index (χ3v) is 5.82. The second-order valence-corrected chi connectivity index (χ2v) is 9.46. The van der Waals surface area contributed by atoms with Gasteiger partial charge in [0.15, 0.2) is 0 Å². The number of allylic oxidation sites excluding steroid dienone is 6. The van der Waals surface area contributed by atoms with Crippen LogP contribution in [0.3, 0.4) is 0 Å². The van der Waals surface area contributed by atoms with Gasteiger partial charge in [-0.25, -0.2) is 0 Å². The van der Waals surface area contributed by atoms with E-state index in [2.05, 4.69) is 38.2 Å². The lowest BCUT2D eigenvalue weighted by Gasteiger charge is -2.17. The summed E-state index contributed by atoms with van der Waals surface area (Å²) in [6.07, 6.45) is 9.96. The zero-order valence-corrected chi connectivity index (χ0v) is 18.8. The Morgan fingerprint density at radius 2 is 1.52 bits per heavy atom. The van der Waals surface area contributed by atoms with Crippen molar-refractivity contribution in [2.45, 2.75) is 65.5 Å². The average Bonchev–Trinajstić information content (AvgIpc) is 2.61. The van der Waals surface area contributed by atoms with Crippen molar-refractivity contribution in [1.82, 2.24) is 0 Å². The summed E-state index contributed by atoms with van der Waals surface area (Å²) in [5.74, 6) is -0.663. The Labute approximate surface area is 174 Å². The molecular formula is C23H34NO4P. The second-order valence-electron chi connectivity index (χ2n) is 7.66. The molecule has 0 aromatic heterocycles. The van der Waals surface area contributed by atoms with Crippen LogP contribution in [0.1, 0.15) is 59.8 Å². The molecule has 5 nitrogen and oxygen atoms in total. The zero-order chi connectivity index (χ0) is 21.9. The van der Waals surface area contributed by atoms with Crippen molar-refractivity contribution in [2.24, 2.45) is 0 Å². The molecule has 0 saturated carbocycles. The smallest absolute Gasteiger partial charge is 0.325 e. The van der Waals surface area contributed by atoms with Crippen LogP contribution in [0.25, 0.3) is 0 Å². The first-order valence-corrected chi connectivity index (χ1v) is 11.6. The van der Waals surface area contributed by atoms with Gasteiger partial charge in [-0.1, -0.05) is 53.1 Å². The van der Waals surface area contributed by atoms with Crippen LogP contribution in [-0.4, -0.2) is 21.4 Å². The largest absolute Gasteiger partial charge is 0.338 e. The molecule has 1 unspecified atom stereocenters. The molecule has 0 heterocycles. The predicted octanol–water partition coefficient (Wildman–Crippen LogP) is 5.98. The lowest BCUT2D eigenvalue weighted by Crippen LogP contribution is -2.27. The molecule has 160 valence electrons. The summed E-state index contributed by atoms with van der Waals surface area (Å²) >= 11 is 0. The van der Waals surface area contributed by atoms with Gasteiger partial charge in [-0.3, -0.25) is 9.36 Å². The normalized spacial score (nSPS) is 13.7. The van der Waals surface area contributed by atoms with Crippen molar-refractivity contribution < 1.29 is 19.1 Å².